The van der Waals surface area contributed by atoms with Crippen molar-refractivity contribution in [2.75, 3.05) is 5.32 Å². The molecule has 1 aliphatic heterocycles. The van der Waals surface area contributed by atoms with Gasteiger partial charge in [0.25, 0.3) is 0 Å². The molecule has 0 spiro atoms. The first kappa shape index (κ1) is 18.4. The van der Waals surface area contributed by atoms with E-state index in [0.717, 1.165) is 16.7 Å². The van der Waals surface area contributed by atoms with Crippen LogP contribution in [0.3, 0.4) is 0 Å². The van der Waals surface area contributed by atoms with E-state index in [9.17, 15) is 9.59 Å². The minimum absolute atomic E-state index is 0.147. The number of nitrogens with one attached hydrogen (secondary N) is 1. The smallest absolute Gasteiger partial charge is 0.363 e. The molecule has 0 unspecified atom stereocenters. The molecule has 5 heteroatoms. The van der Waals surface area contributed by atoms with E-state index in [-0.39, 0.29) is 17.5 Å². The van der Waals surface area contributed by atoms with Gasteiger partial charge in [-0.15, -0.1) is 0 Å². The van der Waals surface area contributed by atoms with E-state index < -0.39 is 5.97 Å². The minimum Gasteiger partial charge on any atom is -0.402 e. The van der Waals surface area contributed by atoms with Gasteiger partial charge in [0.15, 0.2) is 5.70 Å². The molecule has 29 heavy (non-hydrogen) atoms. The van der Waals surface area contributed by atoms with Crippen molar-refractivity contribution in [1.29, 1.82) is 0 Å². The average Bonchev–Trinajstić information content (AvgIpc) is 3.10. The second kappa shape index (κ2) is 7.94. The molecule has 0 aliphatic carbocycles. The predicted octanol–water partition coefficient (Wildman–Crippen LogP) is 4.66. The van der Waals surface area contributed by atoms with E-state index in [1.54, 1.807) is 30.3 Å². The van der Waals surface area contributed by atoms with Gasteiger partial charge < -0.3 is 10.1 Å². The van der Waals surface area contributed by atoms with Crippen molar-refractivity contribution in [3.63, 3.8) is 0 Å². The highest BCUT2D eigenvalue weighted by Gasteiger charge is 2.24. The van der Waals surface area contributed by atoms with Gasteiger partial charge in [0, 0.05) is 18.2 Å². The average molecular weight is 382 g/mol. The minimum atomic E-state index is -0.488. The number of anilines is 1. The Morgan fingerprint density at radius 1 is 0.862 bits per heavy atom. The lowest BCUT2D eigenvalue weighted by Gasteiger charge is -2.03. The highest BCUT2D eigenvalue weighted by molar-refractivity contribution is 6.13. The molecule has 3 aromatic carbocycles. The molecule has 1 N–H and O–H groups in total. The largest absolute Gasteiger partial charge is 0.402 e. The van der Waals surface area contributed by atoms with Crippen LogP contribution in [0.2, 0.25) is 0 Å². The highest BCUT2D eigenvalue weighted by Crippen LogP contribution is 2.23. The van der Waals surface area contributed by atoms with Gasteiger partial charge in [-0.2, -0.15) is 0 Å². The standard InChI is InChI=1S/C24H18N2O3/c1-16(27)25-21-13-11-20(12-14-21)23-26-22(24(28)29-23)15-17-7-9-19(10-8-17)18-5-3-2-4-6-18/h2-15H,1H3,(H,25,27)/b22-15-. The van der Waals surface area contributed by atoms with E-state index >= 15 is 0 Å². The van der Waals surface area contributed by atoms with Crippen LogP contribution in [-0.2, 0) is 14.3 Å². The summed E-state index contributed by atoms with van der Waals surface area (Å²) in [6.45, 7) is 1.44. The van der Waals surface area contributed by atoms with Gasteiger partial charge in [0.2, 0.25) is 11.8 Å². The monoisotopic (exact) mass is 382 g/mol. The van der Waals surface area contributed by atoms with Crippen molar-refractivity contribution < 1.29 is 14.3 Å². The lowest BCUT2D eigenvalue weighted by atomic mass is 10.0. The summed E-state index contributed by atoms with van der Waals surface area (Å²) >= 11 is 0. The Kier molecular flexibility index (Phi) is 5.03. The zero-order valence-corrected chi connectivity index (χ0v) is 15.8. The molecule has 0 atom stereocenters. The van der Waals surface area contributed by atoms with Crippen molar-refractivity contribution in [2.45, 2.75) is 6.92 Å². The Labute approximate surface area is 168 Å². The van der Waals surface area contributed by atoms with Gasteiger partial charge in [0.05, 0.1) is 0 Å². The third-order valence-corrected chi connectivity index (χ3v) is 4.39. The Morgan fingerprint density at radius 2 is 1.48 bits per heavy atom. The number of amides is 1. The fourth-order valence-corrected chi connectivity index (χ4v) is 2.99. The number of hydrogen-bond donors (Lipinski definition) is 1. The van der Waals surface area contributed by atoms with Crippen molar-refractivity contribution in [3.8, 4) is 11.1 Å². The number of carbonyl (C=O) groups is 2. The third kappa shape index (κ3) is 4.30. The lowest BCUT2D eigenvalue weighted by molar-refractivity contribution is -0.129. The molecule has 0 saturated heterocycles. The molecule has 0 bridgehead atoms. The number of carbonyl (C=O) groups excluding carboxylic acids is 2. The molecule has 4 rings (SSSR count). The number of benzene rings is 3. The molecule has 0 radical (unpaired) electrons. The van der Waals surface area contributed by atoms with Crippen molar-refractivity contribution >= 4 is 29.5 Å². The lowest BCUT2D eigenvalue weighted by Crippen LogP contribution is -2.07. The fourth-order valence-electron chi connectivity index (χ4n) is 2.99. The van der Waals surface area contributed by atoms with Gasteiger partial charge in [0.1, 0.15) is 0 Å². The molecular weight excluding hydrogens is 364 g/mol. The number of aliphatic imine (C=N–C) groups is 1. The van der Waals surface area contributed by atoms with Gasteiger partial charge in [-0.3, -0.25) is 4.79 Å². The number of rotatable bonds is 4. The maximum Gasteiger partial charge on any atom is 0.363 e. The summed E-state index contributed by atoms with van der Waals surface area (Å²) in [5.74, 6) is -0.388. The first-order chi connectivity index (χ1) is 14.1. The van der Waals surface area contributed by atoms with Crippen LogP contribution in [0, 0.1) is 0 Å². The fraction of sp³-hybridized carbons (Fsp3) is 0.0417. The van der Waals surface area contributed by atoms with E-state index in [4.69, 9.17) is 4.74 Å². The van der Waals surface area contributed by atoms with E-state index in [1.807, 2.05) is 42.5 Å². The van der Waals surface area contributed by atoms with Crippen LogP contribution in [0.5, 0.6) is 0 Å². The predicted molar refractivity (Wildman–Crippen MR) is 113 cm³/mol. The van der Waals surface area contributed by atoms with Crippen molar-refractivity contribution in [1.82, 2.24) is 0 Å². The number of cyclic esters (lactones) is 1. The molecule has 1 aliphatic rings. The topological polar surface area (TPSA) is 67.8 Å². The summed E-state index contributed by atoms with van der Waals surface area (Å²) in [5, 5.41) is 2.69. The molecule has 3 aromatic rings. The van der Waals surface area contributed by atoms with Crippen LogP contribution < -0.4 is 5.32 Å². The molecule has 1 heterocycles. The van der Waals surface area contributed by atoms with Crippen molar-refractivity contribution in [2.24, 2.45) is 4.99 Å². The summed E-state index contributed by atoms with van der Waals surface area (Å²) in [7, 11) is 0. The molecule has 0 aromatic heterocycles. The maximum absolute atomic E-state index is 12.2. The molecule has 1 amide bonds. The molecular formula is C24H18N2O3. The molecule has 0 fully saturated rings. The SMILES string of the molecule is CC(=O)Nc1ccc(C2=N/C(=C\c3ccc(-c4ccccc4)cc3)C(=O)O2)cc1. The van der Waals surface area contributed by atoms with E-state index in [2.05, 4.69) is 22.4 Å². The van der Waals surface area contributed by atoms with Crippen molar-refractivity contribution in [3.05, 3.63) is 95.7 Å². The van der Waals surface area contributed by atoms with Crippen LogP contribution in [0.4, 0.5) is 5.69 Å². The molecule has 5 nitrogen and oxygen atoms in total. The summed E-state index contributed by atoms with van der Waals surface area (Å²) in [5.41, 5.74) is 4.68. The first-order valence-corrected chi connectivity index (χ1v) is 9.14. The molecule has 142 valence electrons. The van der Waals surface area contributed by atoms with E-state index in [0.29, 0.717) is 11.3 Å². The normalized spacial score (nSPS) is 14.4. The van der Waals surface area contributed by atoms with Crippen LogP contribution in [0.25, 0.3) is 17.2 Å². The Hall–Kier alpha value is -3.99. The van der Waals surface area contributed by atoms with Gasteiger partial charge in [-0.25, -0.2) is 9.79 Å². The second-order valence-corrected chi connectivity index (χ2v) is 6.58. The number of nitrogens with zero attached hydrogens (tertiary/aromatic N) is 1. The Morgan fingerprint density at radius 3 is 2.14 bits per heavy atom. The van der Waals surface area contributed by atoms with Gasteiger partial charge in [-0.05, 0) is 47.0 Å². The van der Waals surface area contributed by atoms with Crippen LogP contribution in [0.15, 0.2) is 89.6 Å². The summed E-state index contributed by atoms with van der Waals surface area (Å²) in [6, 6.07) is 24.9. The Balaban J connectivity index is 1.54. The summed E-state index contributed by atoms with van der Waals surface area (Å²) in [6.07, 6.45) is 1.70. The quantitative estimate of drug-likeness (QED) is 0.527. The maximum atomic E-state index is 12.2. The van der Waals surface area contributed by atoms with Crippen LogP contribution >= 0.6 is 0 Å². The van der Waals surface area contributed by atoms with E-state index in [1.165, 1.54) is 6.92 Å². The van der Waals surface area contributed by atoms with Gasteiger partial charge in [-0.1, -0.05) is 54.6 Å². The second-order valence-electron chi connectivity index (χ2n) is 6.58. The zero-order chi connectivity index (χ0) is 20.2. The first-order valence-electron chi connectivity index (χ1n) is 9.14. The third-order valence-electron chi connectivity index (χ3n) is 4.39. The van der Waals surface area contributed by atoms with Gasteiger partial charge >= 0.3 is 5.97 Å². The summed E-state index contributed by atoms with van der Waals surface area (Å²) in [4.78, 5) is 27.6. The highest BCUT2D eigenvalue weighted by atomic mass is 16.6. The number of esters is 1. The Bertz CT molecular complexity index is 1110. The number of hydrogen-bond acceptors (Lipinski definition) is 4. The van der Waals surface area contributed by atoms with Crippen LogP contribution in [-0.4, -0.2) is 17.8 Å². The molecule has 0 saturated carbocycles. The number of ether oxygens (including phenoxy) is 1. The zero-order valence-electron chi connectivity index (χ0n) is 15.8. The van der Waals surface area contributed by atoms with Crippen LogP contribution in [0.1, 0.15) is 18.1 Å². The summed E-state index contributed by atoms with van der Waals surface area (Å²) < 4.78 is 5.30.